The molecule has 34 heavy (non-hydrogen) atoms. The highest BCUT2D eigenvalue weighted by molar-refractivity contribution is 7.92. The van der Waals surface area contributed by atoms with Crippen molar-refractivity contribution in [2.75, 3.05) is 10.8 Å². The summed E-state index contributed by atoms with van der Waals surface area (Å²) in [4.78, 5) is 13.1. The highest BCUT2D eigenvalue weighted by Gasteiger charge is 2.36. The van der Waals surface area contributed by atoms with Gasteiger partial charge >= 0.3 is 0 Å². The number of hydrogen-bond acceptors (Lipinski definition) is 4. The van der Waals surface area contributed by atoms with Crippen molar-refractivity contribution in [1.29, 1.82) is 0 Å². The Morgan fingerprint density at radius 2 is 1.59 bits per heavy atom. The van der Waals surface area contributed by atoms with E-state index in [0.29, 0.717) is 23.5 Å². The molecule has 1 aliphatic heterocycles. The van der Waals surface area contributed by atoms with Gasteiger partial charge in [0.25, 0.3) is 5.91 Å². The summed E-state index contributed by atoms with van der Waals surface area (Å²) in [6.45, 7) is 0.228. The van der Waals surface area contributed by atoms with E-state index >= 15 is 0 Å². The molecule has 0 radical (unpaired) electrons. The fraction of sp³-hybridized carbons (Fsp3) is 0.148. The fourth-order valence-electron chi connectivity index (χ4n) is 4.21. The average Bonchev–Trinajstić information content (AvgIpc) is 2.87. The van der Waals surface area contributed by atoms with Crippen LogP contribution >= 0.6 is 0 Å². The van der Waals surface area contributed by atoms with Crippen LogP contribution in [-0.4, -0.2) is 27.0 Å². The fourth-order valence-corrected chi connectivity index (χ4v) is 5.79. The van der Waals surface area contributed by atoms with Crippen LogP contribution in [0.2, 0.25) is 0 Å². The minimum atomic E-state index is -3.74. The van der Waals surface area contributed by atoms with Crippen LogP contribution in [0.25, 0.3) is 10.8 Å². The first kappa shape index (κ1) is 22.0. The number of carbonyl (C=O) groups is 1. The molecule has 1 N–H and O–H groups in total. The predicted octanol–water partition coefficient (Wildman–Crippen LogP) is 4.25. The smallest absolute Gasteiger partial charge is 0.263 e. The van der Waals surface area contributed by atoms with Gasteiger partial charge < -0.3 is 10.1 Å². The summed E-state index contributed by atoms with van der Waals surface area (Å²) >= 11 is 0. The van der Waals surface area contributed by atoms with Gasteiger partial charge in [-0.2, -0.15) is 0 Å². The highest BCUT2D eigenvalue weighted by atomic mass is 32.2. The number of nitrogens with zero attached hydrogens (tertiary/aromatic N) is 1. The molecular weight excluding hydrogens is 448 g/mol. The molecule has 0 bridgehead atoms. The zero-order valence-electron chi connectivity index (χ0n) is 18.4. The third kappa shape index (κ3) is 4.47. The van der Waals surface area contributed by atoms with Crippen molar-refractivity contribution in [1.82, 2.24) is 5.32 Å². The summed E-state index contributed by atoms with van der Waals surface area (Å²) in [5.74, 6) is -0.148. The van der Waals surface area contributed by atoms with Crippen molar-refractivity contribution in [3.8, 4) is 5.75 Å². The summed E-state index contributed by atoms with van der Waals surface area (Å²) in [7, 11) is -3.74. The molecule has 1 heterocycles. The third-order valence-corrected chi connectivity index (χ3v) is 7.60. The van der Waals surface area contributed by atoms with Gasteiger partial charge in [-0.3, -0.25) is 9.10 Å². The maximum atomic E-state index is 13.4. The lowest BCUT2D eigenvalue weighted by atomic mass is 10.0. The molecule has 1 aliphatic rings. The number of anilines is 1. The zero-order chi connectivity index (χ0) is 23.5. The Kier molecular flexibility index (Phi) is 5.94. The topological polar surface area (TPSA) is 75.7 Å². The van der Waals surface area contributed by atoms with Crippen molar-refractivity contribution < 1.29 is 17.9 Å². The van der Waals surface area contributed by atoms with Gasteiger partial charge in [0.2, 0.25) is 10.0 Å². The standard InChI is InChI=1S/C27H24N2O4S/c30-27(28-17-22-13-8-12-21-11-4-5-14-23(21)22)26-18-29(24-15-6-7-16-25(24)33-26)34(31,32)19-20-9-2-1-3-10-20/h1-16,26H,17-19H2,(H,28,30)/t26-/m0/s1. The third-order valence-electron chi connectivity index (χ3n) is 5.89. The van der Waals surface area contributed by atoms with E-state index in [1.165, 1.54) is 4.31 Å². The van der Waals surface area contributed by atoms with E-state index in [-0.39, 0.29) is 18.2 Å². The zero-order valence-corrected chi connectivity index (χ0v) is 19.2. The number of para-hydroxylation sites is 2. The Bertz CT molecular complexity index is 1430. The van der Waals surface area contributed by atoms with Gasteiger partial charge in [0.05, 0.1) is 18.0 Å². The normalized spacial score (nSPS) is 15.4. The van der Waals surface area contributed by atoms with Gasteiger partial charge in [-0.1, -0.05) is 84.9 Å². The Morgan fingerprint density at radius 3 is 2.44 bits per heavy atom. The van der Waals surface area contributed by atoms with Crippen LogP contribution in [0.3, 0.4) is 0 Å². The quantitative estimate of drug-likeness (QED) is 0.455. The number of fused-ring (bicyclic) bond motifs is 2. The van der Waals surface area contributed by atoms with E-state index in [1.54, 1.807) is 36.4 Å². The Hall–Kier alpha value is -3.84. The van der Waals surface area contributed by atoms with E-state index in [1.807, 2.05) is 60.7 Å². The first-order valence-electron chi connectivity index (χ1n) is 11.1. The van der Waals surface area contributed by atoms with Crippen molar-refractivity contribution in [3.05, 3.63) is 108 Å². The van der Waals surface area contributed by atoms with E-state index in [4.69, 9.17) is 4.74 Å². The summed E-state index contributed by atoms with van der Waals surface area (Å²) in [6, 6.07) is 29.8. The van der Waals surface area contributed by atoms with Crippen molar-refractivity contribution in [2.24, 2.45) is 0 Å². The van der Waals surface area contributed by atoms with Crippen LogP contribution in [-0.2, 0) is 27.1 Å². The number of ether oxygens (including phenoxy) is 1. The number of nitrogens with one attached hydrogen (secondary N) is 1. The summed E-state index contributed by atoms with van der Waals surface area (Å²) in [5.41, 5.74) is 2.11. The van der Waals surface area contributed by atoms with Crippen LogP contribution in [0.4, 0.5) is 5.69 Å². The molecule has 0 aliphatic carbocycles. The SMILES string of the molecule is O=C(NCc1cccc2ccccc12)[C@@H]1CN(S(=O)(=O)Cc2ccccc2)c2ccccc2O1. The number of amides is 1. The molecule has 0 unspecified atom stereocenters. The highest BCUT2D eigenvalue weighted by Crippen LogP contribution is 2.35. The van der Waals surface area contributed by atoms with Crippen molar-refractivity contribution in [2.45, 2.75) is 18.4 Å². The first-order valence-corrected chi connectivity index (χ1v) is 12.7. The monoisotopic (exact) mass is 472 g/mol. The molecular formula is C27H24N2O4S. The Morgan fingerprint density at radius 1 is 0.882 bits per heavy atom. The second-order valence-electron chi connectivity index (χ2n) is 8.20. The molecule has 0 fully saturated rings. The maximum absolute atomic E-state index is 13.4. The molecule has 0 saturated carbocycles. The predicted molar refractivity (Wildman–Crippen MR) is 133 cm³/mol. The van der Waals surface area contributed by atoms with Gasteiger partial charge in [0, 0.05) is 6.54 Å². The maximum Gasteiger partial charge on any atom is 0.263 e. The van der Waals surface area contributed by atoms with Crippen LogP contribution in [0.5, 0.6) is 5.75 Å². The molecule has 0 saturated heterocycles. The minimum Gasteiger partial charge on any atom is -0.476 e. The largest absolute Gasteiger partial charge is 0.476 e. The minimum absolute atomic E-state index is 0.0897. The Balaban J connectivity index is 1.37. The summed E-state index contributed by atoms with van der Waals surface area (Å²) in [5, 5.41) is 5.08. The molecule has 6 nitrogen and oxygen atoms in total. The van der Waals surface area contributed by atoms with E-state index in [2.05, 4.69) is 5.32 Å². The number of rotatable bonds is 6. The van der Waals surface area contributed by atoms with Gasteiger partial charge in [-0.15, -0.1) is 0 Å². The van der Waals surface area contributed by atoms with Crippen molar-refractivity contribution >= 4 is 32.4 Å². The van der Waals surface area contributed by atoms with E-state index in [0.717, 1.165) is 16.3 Å². The summed E-state index contributed by atoms with van der Waals surface area (Å²) < 4.78 is 33.9. The molecule has 4 aromatic carbocycles. The molecule has 7 heteroatoms. The van der Waals surface area contributed by atoms with E-state index < -0.39 is 16.1 Å². The lowest BCUT2D eigenvalue weighted by Crippen LogP contribution is -2.50. The van der Waals surface area contributed by atoms with E-state index in [9.17, 15) is 13.2 Å². The molecule has 172 valence electrons. The second-order valence-corrected chi connectivity index (χ2v) is 10.1. The number of carbonyl (C=O) groups excluding carboxylic acids is 1. The van der Waals surface area contributed by atoms with Gasteiger partial charge in [0.1, 0.15) is 5.75 Å². The number of benzene rings is 4. The second kappa shape index (κ2) is 9.19. The summed E-state index contributed by atoms with van der Waals surface area (Å²) in [6.07, 6.45) is -0.963. The van der Waals surface area contributed by atoms with Crippen LogP contribution in [0.15, 0.2) is 97.1 Å². The molecule has 4 aromatic rings. The average molecular weight is 473 g/mol. The van der Waals surface area contributed by atoms with Crippen LogP contribution < -0.4 is 14.4 Å². The first-order chi connectivity index (χ1) is 16.5. The number of sulfonamides is 1. The molecule has 1 atom stereocenters. The molecule has 5 rings (SSSR count). The number of hydrogen-bond donors (Lipinski definition) is 1. The molecule has 0 aromatic heterocycles. The molecule has 0 spiro atoms. The Labute approximate surface area is 198 Å². The van der Waals surface area contributed by atoms with Gasteiger partial charge in [0.15, 0.2) is 6.10 Å². The lowest BCUT2D eigenvalue weighted by Gasteiger charge is -2.34. The lowest BCUT2D eigenvalue weighted by molar-refractivity contribution is -0.127. The van der Waals surface area contributed by atoms with Gasteiger partial charge in [-0.05, 0) is 34.0 Å². The van der Waals surface area contributed by atoms with Gasteiger partial charge in [-0.25, -0.2) is 8.42 Å². The van der Waals surface area contributed by atoms with Crippen LogP contribution in [0, 0.1) is 0 Å². The van der Waals surface area contributed by atoms with Crippen LogP contribution in [0.1, 0.15) is 11.1 Å². The molecule has 1 amide bonds. The van der Waals surface area contributed by atoms with Crippen molar-refractivity contribution in [3.63, 3.8) is 0 Å².